The van der Waals surface area contributed by atoms with Gasteiger partial charge in [0.2, 0.25) is 0 Å². The second kappa shape index (κ2) is 6.54. The zero-order valence-corrected chi connectivity index (χ0v) is 10.4. The SMILES string of the molecule is COc1ccc(CC(O)CCC(C)C)cc1. The van der Waals surface area contributed by atoms with Crippen LogP contribution in [0.2, 0.25) is 0 Å². The number of methoxy groups -OCH3 is 1. The molecule has 0 amide bonds. The van der Waals surface area contributed by atoms with E-state index in [1.54, 1.807) is 7.11 Å². The summed E-state index contributed by atoms with van der Waals surface area (Å²) in [5.41, 5.74) is 1.16. The topological polar surface area (TPSA) is 29.5 Å². The molecule has 16 heavy (non-hydrogen) atoms. The molecule has 90 valence electrons. The Morgan fingerprint density at radius 2 is 1.75 bits per heavy atom. The van der Waals surface area contributed by atoms with Crippen LogP contribution in [0.4, 0.5) is 0 Å². The van der Waals surface area contributed by atoms with Crippen LogP contribution in [0, 0.1) is 5.92 Å². The van der Waals surface area contributed by atoms with E-state index < -0.39 is 0 Å². The maximum atomic E-state index is 9.85. The van der Waals surface area contributed by atoms with Crippen LogP contribution in [-0.2, 0) is 6.42 Å². The van der Waals surface area contributed by atoms with Crippen LogP contribution in [-0.4, -0.2) is 18.3 Å². The molecule has 1 atom stereocenters. The van der Waals surface area contributed by atoms with Crippen molar-refractivity contribution in [1.82, 2.24) is 0 Å². The zero-order valence-electron chi connectivity index (χ0n) is 10.4. The molecule has 1 unspecified atom stereocenters. The number of aliphatic hydroxyl groups is 1. The van der Waals surface area contributed by atoms with Crippen molar-refractivity contribution in [3.05, 3.63) is 29.8 Å². The Morgan fingerprint density at radius 1 is 1.12 bits per heavy atom. The van der Waals surface area contributed by atoms with Crippen molar-refractivity contribution in [3.8, 4) is 5.75 Å². The molecule has 0 aromatic heterocycles. The van der Waals surface area contributed by atoms with Crippen molar-refractivity contribution < 1.29 is 9.84 Å². The number of hydrogen-bond acceptors (Lipinski definition) is 2. The molecule has 0 spiro atoms. The first kappa shape index (κ1) is 13.0. The van der Waals surface area contributed by atoms with Gasteiger partial charge in [-0.25, -0.2) is 0 Å². The van der Waals surface area contributed by atoms with Gasteiger partial charge in [-0.15, -0.1) is 0 Å². The summed E-state index contributed by atoms with van der Waals surface area (Å²) in [6, 6.07) is 7.89. The van der Waals surface area contributed by atoms with Gasteiger partial charge < -0.3 is 9.84 Å². The van der Waals surface area contributed by atoms with Crippen LogP contribution < -0.4 is 4.74 Å². The molecule has 0 aliphatic heterocycles. The first-order valence-corrected chi connectivity index (χ1v) is 5.92. The summed E-state index contributed by atoms with van der Waals surface area (Å²) in [6.45, 7) is 4.36. The molecular weight excluding hydrogens is 200 g/mol. The Bertz CT molecular complexity index is 290. The molecule has 2 nitrogen and oxygen atoms in total. The van der Waals surface area contributed by atoms with Crippen LogP contribution in [0.1, 0.15) is 32.3 Å². The minimum Gasteiger partial charge on any atom is -0.497 e. The van der Waals surface area contributed by atoms with Gasteiger partial charge in [0.25, 0.3) is 0 Å². The third-order valence-electron chi connectivity index (χ3n) is 2.71. The smallest absolute Gasteiger partial charge is 0.118 e. The summed E-state index contributed by atoms with van der Waals surface area (Å²) in [6.07, 6.45) is 2.47. The van der Waals surface area contributed by atoms with E-state index in [2.05, 4.69) is 13.8 Å². The Hall–Kier alpha value is -1.02. The van der Waals surface area contributed by atoms with Crippen LogP contribution in [0.5, 0.6) is 5.75 Å². The molecule has 0 aliphatic carbocycles. The molecule has 1 aromatic carbocycles. The molecule has 0 aliphatic rings. The monoisotopic (exact) mass is 222 g/mol. The average Bonchev–Trinajstić information content (AvgIpc) is 2.27. The van der Waals surface area contributed by atoms with E-state index >= 15 is 0 Å². The molecule has 0 bridgehead atoms. The maximum Gasteiger partial charge on any atom is 0.118 e. The lowest BCUT2D eigenvalue weighted by Crippen LogP contribution is -2.11. The molecular formula is C14H22O2. The highest BCUT2D eigenvalue weighted by Gasteiger charge is 2.06. The number of ether oxygens (including phenoxy) is 1. The fourth-order valence-corrected chi connectivity index (χ4v) is 1.66. The summed E-state index contributed by atoms with van der Waals surface area (Å²) in [7, 11) is 1.66. The van der Waals surface area contributed by atoms with Crippen LogP contribution in [0.15, 0.2) is 24.3 Å². The summed E-state index contributed by atoms with van der Waals surface area (Å²) >= 11 is 0. The first-order valence-electron chi connectivity index (χ1n) is 5.92. The van der Waals surface area contributed by atoms with E-state index in [9.17, 15) is 5.11 Å². The number of hydrogen-bond donors (Lipinski definition) is 1. The highest BCUT2D eigenvalue weighted by Crippen LogP contribution is 2.15. The van der Waals surface area contributed by atoms with Crippen molar-refractivity contribution in [3.63, 3.8) is 0 Å². The largest absolute Gasteiger partial charge is 0.497 e. The number of aliphatic hydroxyl groups excluding tert-OH is 1. The van der Waals surface area contributed by atoms with E-state index in [1.807, 2.05) is 24.3 Å². The number of rotatable bonds is 6. The summed E-state index contributed by atoms with van der Waals surface area (Å²) in [5, 5.41) is 9.85. The summed E-state index contributed by atoms with van der Waals surface area (Å²) in [4.78, 5) is 0. The van der Waals surface area contributed by atoms with Crippen molar-refractivity contribution >= 4 is 0 Å². The van der Waals surface area contributed by atoms with Crippen molar-refractivity contribution in [2.45, 2.75) is 39.2 Å². The predicted octanol–water partition coefficient (Wildman–Crippen LogP) is 3.03. The van der Waals surface area contributed by atoms with Gasteiger partial charge in [-0.2, -0.15) is 0 Å². The Labute approximate surface area is 98.3 Å². The fraction of sp³-hybridized carbons (Fsp3) is 0.571. The van der Waals surface area contributed by atoms with Crippen LogP contribution in [0.25, 0.3) is 0 Å². The van der Waals surface area contributed by atoms with Gasteiger partial charge in [-0.1, -0.05) is 26.0 Å². The minimum absolute atomic E-state index is 0.226. The highest BCUT2D eigenvalue weighted by molar-refractivity contribution is 5.27. The van der Waals surface area contributed by atoms with Crippen molar-refractivity contribution in [1.29, 1.82) is 0 Å². The van der Waals surface area contributed by atoms with E-state index in [4.69, 9.17) is 4.74 Å². The highest BCUT2D eigenvalue weighted by atomic mass is 16.5. The molecule has 0 radical (unpaired) electrons. The zero-order chi connectivity index (χ0) is 12.0. The van der Waals surface area contributed by atoms with Crippen molar-refractivity contribution in [2.75, 3.05) is 7.11 Å². The lowest BCUT2D eigenvalue weighted by atomic mass is 10.00. The molecule has 1 N–H and O–H groups in total. The second-order valence-electron chi connectivity index (χ2n) is 4.68. The fourth-order valence-electron chi connectivity index (χ4n) is 1.66. The lowest BCUT2D eigenvalue weighted by molar-refractivity contribution is 0.157. The quantitative estimate of drug-likeness (QED) is 0.801. The summed E-state index contributed by atoms with van der Waals surface area (Å²) in [5.74, 6) is 1.52. The van der Waals surface area contributed by atoms with E-state index in [0.717, 1.165) is 30.6 Å². The first-order chi connectivity index (χ1) is 7.61. The van der Waals surface area contributed by atoms with Gasteiger partial charge in [0.1, 0.15) is 5.75 Å². The molecule has 0 saturated carbocycles. The second-order valence-corrected chi connectivity index (χ2v) is 4.68. The molecule has 2 heteroatoms. The van der Waals surface area contributed by atoms with E-state index in [0.29, 0.717) is 5.92 Å². The lowest BCUT2D eigenvalue weighted by Gasteiger charge is -2.12. The van der Waals surface area contributed by atoms with E-state index in [1.165, 1.54) is 0 Å². The standard InChI is InChI=1S/C14H22O2/c1-11(2)4-7-13(15)10-12-5-8-14(16-3)9-6-12/h5-6,8-9,11,13,15H,4,7,10H2,1-3H3. The number of benzene rings is 1. The minimum atomic E-state index is -0.226. The molecule has 1 rings (SSSR count). The summed E-state index contributed by atoms with van der Waals surface area (Å²) < 4.78 is 5.09. The van der Waals surface area contributed by atoms with Gasteiger partial charge in [0, 0.05) is 0 Å². The maximum absolute atomic E-state index is 9.85. The van der Waals surface area contributed by atoms with E-state index in [-0.39, 0.29) is 6.10 Å². The Kier molecular flexibility index (Phi) is 5.33. The van der Waals surface area contributed by atoms with Gasteiger partial charge in [0.15, 0.2) is 0 Å². The van der Waals surface area contributed by atoms with Crippen molar-refractivity contribution in [2.24, 2.45) is 5.92 Å². The van der Waals surface area contributed by atoms with Gasteiger partial charge >= 0.3 is 0 Å². The van der Waals surface area contributed by atoms with Crippen LogP contribution >= 0.6 is 0 Å². The average molecular weight is 222 g/mol. The third kappa shape index (κ3) is 4.67. The van der Waals surface area contributed by atoms with Gasteiger partial charge in [-0.05, 0) is 42.9 Å². The predicted molar refractivity (Wildman–Crippen MR) is 66.8 cm³/mol. The van der Waals surface area contributed by atoms with Gasteiger partial charge in [0.05, 0.1) is 13.2 Å². The van der Waals surface area contributed by atoms with Crippen LogP contribution in [0.3, 0.4) is 0 Å². The van der Waals surface area contributed by atoms with Gasteiger partial charge in [-0.3, -0.25) is 0 Å². The normalized spacial score (nSPS) is 12.8. The third-order valence-corrected chi connectivity index (χ3v) is 2.71. The molecule has 0 fully saturated rings. The Morgan fingerprint density at radius 3 is 2.25 bits per heavy atom. The molecule has 1 aromatic rings. The molecule has 0 saturated heterocycles. The molecule has 0 heterocycles. The Balaban J connectivity index is 2.40.